The monoisotopic (exact) mass is 256 g/mol. The Morgan fingerprint density at radius 3 is 2.11 bits per heavy atom. The molecule has 0 aromatic heterocycles. The minimum Gasteiger partial charge on any atom is -0.339 e. The lowest BCUT2D eigenvalue weighted by Gasteiger charge is -2.36. The summed E-state index contributed by atoms with van der Waals surface area (Å²) in [4.78, 5) is 28.8. The van der Waals surface area contributed by atoms with E-state index in [4.69, 9.17) is 5.73 Å². The van der Waals surface area contributed by atoms with E-state index in [2.05, 4.69) is 0 Å². The van der Waals surface area contributed by atoms with Gasteiger partial charge in [0, 0.05) is 46.7 Å². The van der Waals surface area contributed by atoms with Crippen LogP contribution in [0.25, 0.3) is 0 Å². The van der Waals surface area contributed by atoms with E-state index in [1.807, 2.05) is 11.8 Å². The molecule has 1 atom stereocenters. The molecule has 1 unspecified atom stereocenters. The number of carbonyl (C=O) groups is 2. The number of hydrogen-bond donors (Lipinski definition) is 1. The second-order valence-corrected chi connectivity index (χ2v) is 5.09. The highest BCUT2D eigenvalue weighted by molar-refractivity contribution is 5.77. The fourth-order valence-corrected chi connectivity index (χ4v) is 1.94. The number of hydrogen-bond acceptors (Lipinski definition) is 3. The predicted molar refractivity (Wildman–Crippen MR) is 70.1 cm³/mol. The number of amides is 3. The zero-order valence-corrected chi connectivity index (χ0v) is 11.6. The molecule has 0 aliphatic carbocycles. The van der Waals surface area contributed by atoms with Crippen LogP contribution in [0.2, 0.25) is 0 Å². The van der Waals surface area contributed by atoms with E-state index in [1.165, 1.54) is 0 Å². The second-order valence-electron chi connectivity index (χ2n) is 5.09. The molecular weight excluding hydrogens is 232 g/mol. The Kier molecular flexibility index (Phi) is 5.40. The van der Waals surface area contributed by atoms with Gasteiger partial charge < -0.3 is 20.4 Å². The van der Waals surface area contributed by atoms with Crippen LogP contribution in [0.15, 0.2) is 0 Å². The first-order chi connectivity index (χ1) is 8.45. The standard InChI is InChI=1S/C12H24N4O2/c1-10(9-13)8-11(17)15-4-6-16(7-5-15)12(18)14(2)3/h10H,4-9,13H2,1-3H3. The van der Waals surface area contributed by atoms with E-state index in [0.29, 0.717) is 39.1 Å². The van der Waals surface area contributed by atoms with Gasteiger partial charge in [0.2, 0.25) is 5.91 Å². The average molecular weight is 256 g/mol. The number of carbonyl (C=O) groups excluding carboxylic acids is 2. The first-order valence-corrected chi connectivity index (χ1v) is 6.39. The maximum absolute atomic E-state index is 11.9. The first kappa shape index (κ1) is 14.8. The van der Waals surface area contributed by atoms with Crippen molar-refractivity contribution < 1.29 is 9.59 Å². The SMILES string of the molecule is CC(CN)CC(=O)N1CCN(C(=O)N(C)C)CC1. The molecule has 6 heteroatoms. The molecule has 1 saturated heterocycles. The van der Waals surface area contributed by atoms with Gasteiger partial charge in [0.1, 0.15) is 0 Å². The van der Waals surface area contributed by atoms with Crippen molar-refractivity contribution in [2.75, 3.05) is 46.8 Å². The molecule has 1 heterocycles. The minimum atomic E-state index is 0.0115. The third-order valence-electron chi connectivity index (χ3n) is 3.21. The Morgan fingerprint density at radius 1 is 1.17 bits per heavy atom. The Morgan fingerprint density at radius 2 is 1.67 bits per heavy atom. The number of nitrogens with zero attached hydrogens (tertiary/aromatic N) is 3. The fraction of sp³-hybridized carbons (Fsp3) is 0.833. The molecule has 0 bridgehead atoms. The average Bonchev–Trinajstić information content (AvgIpc) is 2.37. The van der Waals surface area contributed by atoms with Crippen molar-refractivity contribution in [2.45, 2.75) is 13.3 Å². The van der Waals surface area contributed by atoms with E-state index in [-0.39, 0.29) is 17.9 Å². The third kappa shape index (κ3) is 3.87. The Bertz CT molecular complexity index is 298. The van der Waals surface area contributed by atoms with Gasteiger partial charge in [0.05, 0.1) is 0 Å². The summed E-state index contributed by atoms with van der Waals surface area (Å²) in [6.45, 7) is 4.97. The summed E-state index contributed by atoms with van der Waals surface area (Å²) in [6.07, 6.45) is 0.498. The van der Waals surface area contributed by atoms with E-state index >= 15 is 0 Å². The molecule has 0 aromatic carbocycles. The number of nitrogens with two attached hydrogens (primary N) is 1. The van der Waals surface area contributed by atoms with Gasteiger partial charge in [-0.15, -0.1) is 0 Å². The van der Waals surface area contributed by atoms with Gasteiger partial charge in [-0.3, -0.25) is 4.79 Å². The molecule has 104 valence electrons. The molecule has 1 rings (SSSR count). The lowest BCUT2D eigenvalue weighted by molar-refractivity contribution is -0.133. The van der Waals surface area contributed by atoms with Crippen molar-refractivity contribution in [1.82, 2.24) is 14.7 Å². The summed E-state index contributed by atoms with van der Waals surface area (Å²) >= 11 is 0. The maximum Gasteiger partial charge on any atom is 0.319 e. The van der Waals surface area contributed by atoms with E-state index in [9.17, 15) is 9.59 Å². The Hall–Kier alpha value is -1.30. The molecule has 0 saturated carbocycles. The molecule has 0 spiro atoms. The van der Waals surface area contributed by atoms with Gasteiger partial charge in [-0.1, -0.05) is 6.92 Å². The van der Waals surface area contributed by atoms with Crippen molar-refractivity contribution >= 4 is 11.9 Å². The van der Waals surface area contributed by atoms with Gasteiger partial charge in [-0.2, -0.15) is 0 Å². The van der Waals surface area contributed by atoms with E-state index in [1.54, 1.807) is 23.9 Å². The molecule has 6 nitrogen and oxygen atoms in total. The van der Waals surface area contributed by atoms with Crippen molar-refractivity contribution in [3.63, 3.8) is 0 Å². The summed E-state index contributed by atoms with van der Waals surface area (Å²) in [5, 5.41) is 0. The van der Waals surface area contributed by atoms with Crippen LogP contribution in [0.5, 0.6) is 0 Å². The van der Waals surface area contributed by atoms with Gasteiger partial charge >= 0.3 is 6.03 Å². The maximum atomic E-state index is 11.9. The fourth-order valence-electron chi connectivity index (χ4n) is 1.94. The number of rotatable bonds is 3. The zero-order valence-electron chi connectivity index (χ0n) is 11.6. The third-order valence-corrected chi connectivity index (χ3v) is 3.21. The number of urea groups is 1. The smallest absolute Gasteiger partial charge is 0.319 e. The number of piperazine rings is 1. The van der Waals surface area contributed by atoms with Crippen LogP contribution in [0.4, 0.5) is 4.79 Å². The van der Waals surface area contributed by atoms with E-state index in [0.717, 1.165) is 0 Å². The first-order valence-electron chi connectivity index (χ1n) is 6.39. The topological polar surface area (TPSA) is 69.9 Å². The van der Waals surface area contributed by atoms with Crippen LogP contribution in [-0.4, -0.2) is 73.5 Å². The van der Waals surface area contributed by atoms with Crippen LogP contribution in [0.3, 0.4) is 0 Å². The van der Waals surface area contributed by atoms with Crippen molar-refractivity contribution in [2.24, 2.45) is 11.7 Å². The second kappa shape index (κ2) is 6.58. The van der Waals surface area contributed by atoms with Crippen LogP contribution in [0.1, 0.15) is 13.3 Å². The highest BCUT2D eigenvalue weighted by Gasteiger charge is 2.25. The van der Waals surface area contributed by atoms with Crippen LogP contribution >= 0.6 is 0 Å². The molecule has 1 aliphatic heterocycles. The van der Waals surface area contributed by atoms with Crippen molar-refractivity contribution in [3.8, 4) is 0 Å². The summed E-state index contributed by atoms with van der Waals surface area (Å²) < 4.78 is 0. The molecule has 0 radical (unpaired) electrons. The van der Waals surface area contributed by atoms with Gasteiger partial charge in [-0.05, 0) is 12.5 Å². The lowest BCUT2D eigenvalue weighted by Crippen LogP contribution is -2.53. The van der Waals surface area contributed by atoms with Gasteiger partial charge in [-0.25, -0.2) is 4.79 Å². The molecule has 1 aliphatic rings. The summed E-state index contributed by atoms with van der Waals surface area (Å²) in [5.74, 6) is 0.365. The van der Waals surface area contributed by atoms with Crippen molar-refractivity contribution in [3.05, 3.63) is 0 Å². The molecule has 3 amide bonds. The molecule has 1 fully saturated rings. The highest BCUT2D eigenvalue weighted by atomic mass is 16.2. The van der Waals surface area contributed by atoms with E-state index < -0.39 is 0 Å². The molecule has 18 heavy (non-hydrogen) atoms. The van der Waals surface area contributed by atoms with Crippen LogP contribution < -0.4 is 5.73 Å². The van der Waals surface area contributed by atoms with Gasteiger partial charge in [0.15, 0.2) is 0 Å². The quantitative estimate of drug-likeness (QED) is 0.760. The Balaban J connectivity index is 2.39. The zero-order chi connectivity index (χ0) is 13.7. The Labute approximate surface area is 109 Å². The van der Waals surface area contributed by atoms with Crippen LogP contribution in [0, 0.1) is 5.92 Å². The largest absolute Gasteiger partial charge is 0.339 e. The van der Waals surface area contributed by atoms with Gasteiger partial charge in [0.25, 0.3) is 0 Å². The molecule has 2 N–H and O–H groups in total. The normalized spacial score (nSPS) is 17.6. The molecule has 0 aromatic rings. The van der Waals surface area contributed by atoms with Crippen LogP contribution in [-0.2, 0) is 4.79 Å². The predicted octanol–water partition coefficient (Wildman–Crippen LogP) is -0.203. The summed E-state index contributed by atoms with van der Waals surface area (Å²) in [7, 11) is 3.48. The minimum absolute atomic E-state index is 0.0115. The summed E-state index contributed by atoms with van der Waals surface area (Å²) in [5.41, 5.74) is 5.52. The van der Waals surface area contributed by atoms with Crippen molar-refractivity contribution in [1.29, 1.82) is 0 Å². The molecular formula is C12H24N4O2. The highest BCUT2D eigenvalue weighted by Crippen LogP contribution is 2.09. The lowest BCUT2D eigenvalue weighted by atomic mass is 10.1. The summed E-state index contributed by atoms with van der Waals surface area (Å²) in [6, 6.07) is 0.0115.